The predicted molar refractivity (Wildman–Crippen MR) is 66.5 cm³/mol. The highest BCUT2D eigenvalue weighted by Crippen LogP contribution is 2.37. The molecule has 2 rings (SSSR count). The van der Waals surface area contributed by atoms with E-state index in [9.17, 15) is 0 Å². The summed E-state index contributed by atoms with van der Waals surface area (Å²) in [5, 5.41) is 0. The molecule has 0 heterocycles. The van der Waals surface area contributed by atoms with Gasteiger partial charge in [-0.25, -0.2) is 0 Å². The number of benzene rings is 1. The molecule has 0 unspecified atom stereocenters. The Morgan fingerprint density at radius 1 is 1.31 bits per heavy atom. The van der Waals surface area contributed by atoms with Crippen LogP contribution in [0.2, 0.25) is 0 Å². The van der Waals surface area contributed by atoms with Gasteiger partial charge in [-0.15, -0.1) is 0 Å². The average Bonchev–Trinajstić information content (AvgIpc) is 2.83. The van der Waals surface area contributed by atoms with E-state index in [0.717, 1.165) is 5.75 Å². The lowest BCUT2D eigenvalue weighted by molar-refractivity contribution is 0.327. The molecule has 1 atom stereocenters. The van der Waals surface area contributed by atoms with E-state index in [-0.39, 0.29) is 6.04 Å². The Labute approximate surface area is 97.8 Å². The SMILES string of the molecule is CCOc1ccccc1[C@@H](N)C1CCCC1. The van der Waals surface area contributed by atoms with Crippen molar-refractivity contribution in [1.82, 2.24) is 0 Å². The minimum atomic E-state index is 0.144. The van der Waals surface area contributed by atoms with Crippen molar-refractivity contribution in [1.29, 1.82) is 0 Å². The summed E-state index contributed by atoms with van der Waals surface area (Å²) in [5.74, 6) is 1.60. The highest BCUT2D eigenvalue weighted by atomic mass is 16.5. The number of hydrogen-bond acceptors (Lipinski definition) is 2. The molecule has 88 valence electrons. The van der Waals surface area contributed by atoms with Gasteiger partial charge >= 0.3 is 0 Å². The predicted octanol–water partition coefficient (Wildman–Crippen LogP) is 3.28. The highest BCUT2D eigenvalue weighted by molar-refractivity contribution is 5.36. The zero-order chi connectivity index (χ0) is 11.4. The van der Waals surface area contributed by atoms with Crippen molar-refractivity contribution >= 4 is 0 Å². The summed E-state index contributed by atoms with van der Waals surface area (Å²) in [5.41, 5.74) is 7.53. The molecule has 0 amide bonds. The van der Waals surface area contributed by atoms with E-state index in [1.54, 1.807) is 0 Å². The quantitative estimate of drug-likeness (QED) is 0.843. The molecule has 0 aliphatic heterocycles. The third-order valence-corrected chi connectivity index (χ3v) is 3.49. The van der Waals surface area contributed by atoms with Crippen LogP contribution in [0.1, 0.15) is 44.2 Å². The van der Waals surface area contributed by atoms with Crippen molar-refractivity contribution in [2.24, 2.45) is 11.7 Å². The van der Waals surface area contributed by atoms with Crippen LogP contribution < -0.4 is 10.5 Å². The molecule has 0 radical (unpaired) electrons. The van der Waals surface area contributed by atoms with Crippen molar-refractivity contribution in [2.75, 3.05) is 6.61 Å². The van der Waals surface area contributed by atoms with Crippen LogP contribution in [0, 0.1) is 5.92 Å². The maximum absolute atomic E-state index is 6.35. The fourth-order valence-corrected chi connectivity index (χ4v) is 2.61. The molecule has 1 aliphatic carbocycles. The smallest absolute Gasteiger partial charge is 0.124 e. The van der Waals surface area contributed by atoms with Crippen molar-refractivity contribution < 1.29 is 4.74 Å². The van der Waals surface area contributed by atoms with E-state index < -0.39 is 0 Å². The van der Waals surface area contributed by atoms with E-state index in [1.807, 2.05) is 25.1 Å². The van der Waals surface area contributed by atoms with E-state index in [2.05, 4.69) is 6.07 Å². The summed E-state index contributed by atoms with van der Waals surface area (Å²) in [7, 11) is 0. The van der Waals surface area contributed by atoms with E-state index >= 15 is 0 Å². The molecule has 2 nitrogen and oxygen atoms in total. The lowest BCUT2D eigenvalue weighted by atomic mass is 9.92. The molecule has 1 fully saturated rings. The number of hydrogen-bond donors (Lipinski definition) is 1. The molecule has 1 saturated carbocycles. The minimum absolute atomic E-state index is 0.144. The standard InChI is InChI=1S/C14H21NO/c1-2-16-13-10-6-5-9-12(13)14(15)11-7-3-4-8-11/h5-6,9-11,14H,2-4,7-8,15H2,1H3/t14-/m0/s1. The van der Waals surface area contributed by atoms with Crippen LogP contribution in [0.15, 0.2) is 24.3 Å². The van der Waals surface area contributed by atoms with Crippen LogP contribution in [-0.2, 0) is 0 Å². The first-order valence-electron chi connectivity index (χ1n) is 6.30. The van der Waals surface area contributed by atoms with E-state index in [1.165, 1.54) is 31.2 Å². The van der Waals surface area contributed by atoms with Gasteiger partial charge in [0.1, 0.15) is 5.75 Å². The summed E-state index contributed by atoms with van der Waals surface area (Å²) < 4.78 is 5.64. The first kappa shape index (κ1) is 11.5. The second-order valence-corrected chi connectivity index (χ2v) is 4.54. The van der Waals surface area contributed by atoms with Gasteiger partial charge < -0.3 is 10.5 Å². The van der Waals surface area contributed by atoms with Gasteiger partial charge in [-0.05, 0) is 31.7 Å². The average molecular weight is 219 g/mol. The van der Waals surface area contributed by atoms with Crippen molar-refractivity contribution in [3.63, 3.8) is 0 Å². The molecule has 0 aromatic heterocycles. The largest absolute Gasteiger partial charge is 0.494 e. The van der Waals surface area contributed by atoms with Crippen molar-refractivity contribution in [2.45, 2.75) is 38.6 Å². The maximum Gasteiger partial charge on any atom is 0.124 e. The molecule has 1 aromatic rings. The zero-order valence-corrected chi connectivity index (χ0v) is 9.99. The van der Waals surface area contributed by atoms with Gasteiger partial charge in [0.25, 0.3) is 0 Å². The summed E-state index contributed by atoms with van der Waals surface area (Å²) >= 11 is 0. The Morgan fingerprint density at radius 3 is 2.69 bits per heavy atom. The van der Waals surface area contributed by atoms with Crippen LogP contribution in [-0.4, -0.2) is 6.61 Å². The molecular formula is C14H21NO. The van der Waals surface area contributed by atoms with Crippen LogP contribution in [0.25, 0.3) is 0 Å². The lowest BCUT2D eigenvalue weighted by Crippen LogP contribution is -2.20. The molecule has 16 heavy (non-hydrogen) atoms. The molecule has 2 heteroatoms. The first-order valence-corrected chi connectivity index (χ1v) is 6.30. The topological polar surface area (TPSA) is 35.2 Å². The Balaban J connectivity index is 2.17. The minimum Gasteiger partial charge on any atom is -0.494 e. The van der Waals surface area contributed by atoms with Gasteiger partial charge in [-0.2, -0.15) is 0 Å². The maximum atomic E-state index is 6.35. The Bertz CT molecular complexity index is 331. The van der Waals surface area contributed by atoms with Crippen LogP contribution in [0.3, 0.4) is 0 Å². The normalized spacial score (nSPS) is 18.6. The van der Waals surface area contributed by atoms with Gasteiger partial charge in [0, 0.05) is 11.6 Å². The molecule has 2 N–H and O–H groups in total. The highest BCUT2D eigenvalue weighted by Gasteiger charge is 2.25. The van der Waals surface area contributed by atoms with Crippen molar-refractivity contribution in [3.05, 3.63) is 29.8 Å². The first-order chi connectivity index (χ1) is 7.83. The van der Waals surface area contributed by atoms with Gasteiger partial charge in [0.15, 0.2) is 0 Å². The van der Waals surface area contributed by atoms with Gasteiger partial charge in [-0.1, -0.05) is 31.0 Å². The van der Waals surface area contributed by atoms with E-state index in [4.69, 9.17) is 10.5 Å². The Morgan fingerprint density at radius 2 is 2.00 bits per heavy atom. The number of rotatable bonds is 4. The number of ether oxygens (including phenoxy) is 1. The summed E-state index contributed by atoms with van der Waals surface area (Å²) in [6.07, 6.45) is 5.19. The Kier molecular flexibility index (Phi) is 3.83. The molecule has 1 aromatic carbocycles. The number of para-hydroxylation sites is 1. The fraction of sp³-hybridized carbons (Fsp3) is 0.571. The van der Waals surface area contributed by atoms with Gasteiger partial charge in [0.05, 0.1) is 6.61 Å². The third-order valence-electron chi connectivity index (χ3n) is 3.49. The number of nitrogens with two attached hydrogens (primary N) is 1. The second kappa shape index (κ2) is 5.35. The fourth-order valence-electron chi connectivity index (χ4n) is 2.61. The Hall–Kier alpha value is -1.02. The molecular weight excluding hydrogens is 198 g/mol. The molecule has 0 spiro atoms. The third kappa shape index (κ3) is 2.38. The van der Waals surface area contributed by atoms with Crippen LogP contribution in [0.5, 0.6) is 5.75 Å². The monoisotopic (exact) mass is 219 g/mol. The summed E-state index contributed by atoms with van der Waals surface area (Å²) in [6, 6.07) is 8.33. The lowest BCUT2D eigenvalue weighted by Gasteiger charge is -2.21. The van der Waals surface area contributed by atoms with Crippen LogP contribution in [0.4, 0.5) is 0 Å². The van der Waals surface area contributed by atoms with E-state index in [0.29, 0.717) is 12.5 Å². The van der Waals surface area contributed by atoms with Crippen LogP contribution >= 0.6 is 0 Å². The summed E-state index contributed by atoms with van der Waals surface area (Å²) in [6.45, 7) is 2.71. The zero-order valence-electron chi connectivity index (χ0n) is 9.99. The van der Waals surface area contributed by atoms with Gasteiger partial charge in [0.2, 0.25) is 0 Å². The van der Waals surface area contributed by atoms with Crippen molar-refractivity contribution in [3.8, 4) is 5.75 Å². The molecule has 1 aliphatic rings. The summed E-state index contributed by atoms with van der Waals surface area (Å²) in [4.78, 5) is 0. The molecule has 0 saturated heterocycles. The molecule has 0 bridgehead atoms. The van der Waals surface area contributed by atoms with Gasteiger partial charge in [-0.3, -0.25) is 0 Å². The second-order valence-electron chi connectivity index (χ2n) is 4.54.